The normalized spacial score (nSPS) is 26.1. The van der Waals surface area contributed by atoms with Gasteiger partial charge in [-0.15, -0.1) is 0 Å². The average Bonchev–Trinajstić information content (AvgIpc) is 2.47. The standard InChI is InChI=1S/C16H23N3O/c17-14-6-5-12(16(18)20)9-15(14)19-8-7-11-3-1-2-4-13(11)10-19/h5-6,9,11,13H,1-4,7-8,10,17H2,(H2,18,20). The highest BCUT2D eigenvalue weighted by Gasteiger charge is 2.31. The van der Waals surface area contributed by atoms with Crippen molar-refractivity contribution in [2.75, 3.05) is 23.7 Å². The van der Waals surface area contributed by atoms with Gasteiger partial charge in [0.1, 0.15) is 0 Å². The first kappa shape index (κ1) is 13.3. The first-order chi connectivity index (χ1) is 9.65. The summed E-state index contributed by atoms with van der Waals surface area (Å²) in [4.78, 5) is 13.7. The zero-order chi connectivity index (χ0) is 14.1. The van der Waals surface area contributed by atoms with Crippen molar-refractivity contribution in [1.82, 2.24) is 0 Å². The smallest absolute Gasteiger partial charge is 0.248 e. The summed E-state index contributed by atoms with van der Waals surface area (Å²) < 4.78 is 0. The first-order valence-electron chi connectivity index (χ1n) is 7.59. The summed E-state index contributed by atoms with van der Waals surface area (Å²) >= 11 is 0. The molecule has 0 spiro atoms. The second-order valence-corrected chi connectivity index (χ2v) is 6.18. The van der Waals surface area contributed by atoms with E-state index in [4.69, 9.17) is 11.5 Å². The lowest BCUT2D eigenvalue weighted by Gasteiger charge is -2.42. The minimum Gasteiger partial charge on any atom is -0.397 e. The molecule has 2 aliphatic rings. The number of rotatable bonds is 2. The number of anilines is 2. The molecule has 2 atom stereocenters. The molecule has 0 radical (unpaired) electrons. The molecule has 1 aromatic carbocycles. The van der Waals surface area contributed by atoms with Crippen LogP contribution in [0, 0.1) is 11.8 Å². The maximum absolute atomic E-state index is 11.3. The third-order valence-electron chi connectivity index (χ3n) is 4.95. The van der Waals surface area contributed by atoms with Crippen molar-refractivity contribution in [2.24, 2.45) is 17.6 Å². The fourth-order valence-electron chi connectivity index (χ4n) is 3.79. The van der Waals surface area contributed by atoms with Gasteiger partial charge in [0, 0.05) is 18.7 Å². The number of nitrogens with two attached hydrogens (primary N) is 2. The molecule has 1 amide bonds. The van der Waals surface area contributed by atoms with Crippen LogP contribution in [0.3, 0.4) is 0 Å². The number of hydrogen-bond donors (Lipinski definition) is 2. The minimum atomic E-state index is -0.390. The molecule has 1 aliphatic heterocycles. The number of nitrogen functional groups attached to an aromatic ring is 1. The number of carbonyl (C=O) groups excluding carboxylic acids is 1. The summed E-state index contributed by atoms with van der Waals surface area (Å²) in [6, 6.07) is 5.34. The van der Waals surface area contributed by atoms with Crippen molar-refractivity contribution < 1.29 is 4.79 Å². The van der Waals surface area contributed by atoms with E-state index in [-0.39, 0.29) is 5.91 Å². The molecule has 4 N–H and O–H groups in total. The van der Waals surface area contributed by atoms with Gasteiger partial charge in [-0.05, 0) is 42.9 Å². The van der Waals surface area contributed by atoms with Gasteiger partial charge in [-0.3, -0.25) is 4.79 Å². The highest BCUT2D eigenvalue weighted by Crippen LogP contribution is 2.38. The molecule has 20 heavy (non-hydrogen) atoms. The van der Waals surface area contributed by atoms with Gasteiger partial charge in [0.15, 0.2) is 0 Å². The Morgan fingerprint density at radius 2 is 1.90 bits per heavy atom. The highest BCUT2D eigenvalue weighted by atomic mass is 16.1. The summed E-state index contributed by atoms with van der Waals surface area (Å²) in [6.07, 6.45) is 6.70. The molecule has 4 heteroatoms. The van der Waals surface area contributed by atoms with Crippen molar-refractivity contribution in [1.29, 1.82) is 0 Å². The molecular weight excluding hydrogens is 250 g/mol. The Bertz CT molecular complexity index is 514. The quantitative estimate of drug-likeness (QED) is 0.813. The van der Waals surface area contributed by atoms with Gasteiger partial charge in [-0.2, -0.15) is 0 Å². The molecule has 1 saturated heterocycles. The van der Waals surface area contributed by atoms with E-state index in [0.29, 0.717) is 5.56 Å². The molecule has 0 bridgehead atoms. The first-order valence-corrected chi connectivity index (χ1v) is 7.59. The van der Waals surface area contributed by atoms with E-state index >= 15 is 0 Å². The van der Waals surface area contributed by atoms with Crippen molar-refractivity contribution in [2.45, 2.75) is 32.1 Å². The molecule has 1 saturated carbocycles. The number of nitrogens with zero attached hydrogens (tertiary/aromatic N) is 1. The maximum Gasteiger partial charge on any atom is 0.248 e. The van der Waals surface area contributed by atoms with Gasteiger partial charge in [-0.25, -0.2) is 0 Å². The Hall–Kier alpha value is -1.71. The monoisotopic (exact) mass is 273 g/mol. The van der Waals surface area contributed by atoms with Crippen molar-refractivity contribution in [3.63, 3.8) is 0 Å². The summed E-state index contributed by atoms with van der Waals surface area (Å²) in [5.74, 6) is 1.29. The zero-order valence-corrected chi connectivity index (χ0v) is 11.8. The summed E-state index contributed by atoms with van der Waals surface area (Å²) in [6.45, 7) is 2.10. The average molecular weight is 273 g/mol. The fourth-order valence-corrected chi connectivity index (χ4v) is 3.79. The number of piperidine rings is 1. The van der Waals surface area contributed by atoms with Gasteiger partial charge in [0.05, 0.1) is 11.4 Å². The van der Waals surface area contributed by atoms with Gasteiger partial charge in [0.25, 0.3) is 0 Å². The van der Waals surface area contributed by atoms with E-state index in [1.807, 2.05) is 6.07 Å². The van der Waals surface area contributed by atoms with E-state index in [9.17, 15) is 4.79 Å². The minimum absolute atomic E-state index is 0.390. The van der Waals surface area contributed by atoms with Gasteiger partial charge >= 0.3 is 0 Å². The second-order valence-electron chi connectivity index (χ2n) is 6.18. The van der Waals surface area contributed by atoms with Crippen LogP contribution in [0.25, 0.3) is 0 Å². The van der Waals surface area contributed by atoms with Gasteiger partial charge in [0.2, 0.25) is 5.91 Å². The Kier molecular flexibility index (Phi) is 3.55. The summed E-state index contributed by atoms with van der Waals surface area (Å²) in [5, 5.41) is 0. The SMILES string of the molecule is NC(=O)c1ccc(N)c(N2CCC3CCCCC3C2)c1. The fraction of sp³-hybridized carbons (Fsp3) is 0.562. The summed E-state index contributed by atoms with van der Waals surface area (Å²) in [5.41, 5.74) is 13.7. The number of hydrogen-bond acceptors (Lipinski definition) is 3. The predicted octanol–water partition coefficient (Wildman–Crippen LogP) is 2.38. The van der Waals surface area contributed by atoms with Crippen LogP contribution < -0.4 is 16.4 Å². The third-order valence-corrected chi connectivity index (χ3v) is 4.95. The lowest BCUT2D eigenvalue weighted by molar-refractivity contribution is 0.100. The van der Waals surface area contributed by atoms with E-state index in [2.05, 4.69) is 4.90 Å². The Morgan fingerprint density at radius 3 is 2.65 bits per heavy atom. The molecule has 4 nitrogen and oxygen atoms in total. The Morgan fingerprint density at radius 1 is 1.15 bits per heavy atom. The van der Waals surface area contributed by atoms with Crippen LogP contribution in [0.15, 0.2) is 18.2 Å². The van der Waals surface area contributed by atoms with Crippen LogP contribution in [-0.2, 0) is 0 Å². The van der Waals surface area contributed by atoms with E-state index < -0.39 is 0 Å². The number of fused-ring (bicyclic) bond motifs is 1. The lowest BCUT2D eigenvalue weighted by Crippen LogP contribution is -2.42. The van der Waals surface area contributed by atoms with Crippen molar-refractivity contribution in [3.8, 4) is 0 Å². The van der Waals surface area contributed by atoms with Crippen LogP contribution in [-0.4, -0.2) is 19.0 Å². The van der Waals surface area contributed by atoms with Crippen molar-refractivity contribution in [3.05, 3.63) is 23.8 Å². The molecule has 3 rings (SSSR count). The predicted molar refractivity (Wildman–Crippen MR) is 81.7 cm³/mol. The van der Waals surface area contributed by atoms with Crippen LogP contribution in [0.4, 0.5) is 11.4 Å². The molecule has 1 aliphatic carbocycles. The highest BCUT2D eigenvalue weighted by molar-refractivity contribution is 5.95. The maximum atomic E-state index is 11.3. The van der Waals surface area contributed by atoms with Crippen LogP contribution in [0.2, 0.25) is 0 Å². The molecule has 2 unspecified atom stereocenters. The van der Waals surface area contributed by atoms with E-state index in [0.717, 1.165) is 36.3 Å². The third kappa shape index (κ3) is 2.47. The summed E-state index contributed by atoms with van der Waals surface area (Å²) in [7, 11) is 0. The number of carbonyl (C=O) groups is 1. The Balaban J connectivity index is 1.82. The number of benzene rings is 1. The largest absolute Gasteiger partial charge is 0.397 e. The zero-order valence-electron chi connectivity index (χ0n) is 11.8. The van der Waals surface area contributed by atoms with Gasteiger partial charge in [-0.1, -0.05) is 19.3 Å². The van der Waals surface area contributed by atoms with Gasteiger partial charge < -0.3 is 16.4 Å². The van der Waals surface area contributed by atoms with Crippen LogP contribution in [0.1, 0.15) is 42.5 Å². The molecule has 108 valence electrons. The molecular formula is C16H23N3O. The van der Waals surface area contributed by atoms with Crippen LogP contribution >= 0.6 is 0 Å². The number of primary amides is 1. The topological polar surface area (TPSA) is 72.3 Å². The second kappa shape index (κ2) is 5.35. The van der Waals surface area contributed by atoms with Crippen LogP contribution in [0.5, 0.6) is 0 Å². The lowest BCUT2D eigenvalue weighted by atomic mass is 9.75. The Labute approximate surface area is 120 Å². The molecule has 1 heterocycles. The molecule has 1 aromatic rings. The molecule has 0 aromatic heterocycles. The molecule has 2 fully saturated rings. The van der Waals surface area contributed by atoms with Crippen molar-refractivity contribution >= 4 is 17.3 Å². The van der Waals surface area contributed by atoms with E-state index in [1.165, 1.54) is 32.1 Å². The number of amides is 1. The van der Waals surface area contributed by atoms with E-state index in [1.54, 1.807) is 12.1 Å².